The van der Waals surface area contributed by atoms with Crippen molar-refractivity contribution in [3.05, 3.63) is 35.5 Å². The minimum atomic E-state index is -0.327. The molecule has 2 rings (SSSR count). The summed E-state index contributed by atoms with van der Waals surface area (Å²) in [6.07, 6.45) is 2.57. The summed E-state index contributed by atoms with van der Waals surface area (Å²) in [4.78, 5) is 15.3. The second kappa shape index (κ2) is 3.98. The highest BCUT2D eigenvalue weighted by molar-refractivity contribution is 6.36. The predicted octanol–water partition coefficient (Wildman–Crippen LogP) is 0.911. The van der Waals surface area contributed by atoms with Gasteiger partial charge in [-0.15, -0.1) is 0 Å². The summed E-state index contributed by atoms with van der Waals surface area (Å²) in [5.41, 5.74) is 1.02. The van der Waals surface area contributed by atoms with E-state index in [0.717, 1.165) is 11.8 Å². The molecule has 1 aromatic rings. The Bertz CT molecular complexity index is 500. The highest BCUT2D eigenvalue weighted by Gasteiger charge is 2.17. The van der Waals surface area contributed by atoms with Crippen molar-refractivity contribution in [1.82, 2.24) is 5.32 Å². The lowest BCUT2D eigenvalue weighted by atomic mass is 10.2. The van der Waals surface area contributed by atoms with Gasteiger partial charge in [0.1, 0.15) is 11.4 Å². The molecule has 5 heteroatoms. The van der Waals surface area contributed by atoms with Crippen molar-refractivity contribution in [3.63, 3.8) is 0 Å². The minimum absolute atomic E-state index is 0.168. The van der Waals surface area contributed by atoms with Crippen LogP contribution in [0.3, 0.4) is 0 Å². The molecule has 5 nitrogen and oxygen atoms in total. The topological polar surface area (TPSA) is 85.5 Å². The highest BCUT2D eigenvalue weighted by Crippen LogP contribution is 2.14. The number of phenolic OH excluding ortho intramolecular Hbond substituents is 1. The van der Waals surface area contributed by atoms with Gasteiger partial charge >= 0.3 is 0 Å². The minimum Gasteiger partial charge on any atom is -0.508 e. The van der Waals surface area contributed by atoms with Crippen LogP contribution in [0.25, 0.3) is 6.08 Å². The molecule has 0 saturated heterocycles. The molecule has 80 valence electrons. The fourth-order valence-electron chi connectivity index (χ4n) is 1.28. The van der Waals surface area contributed by atoms with Crippen LogP contribution in [0, 0.1) is 5.41 Å². The second-order valence-electron chi connectivity index (χ2n) is 3.22. The Hall–Kier alpha value is -2.43. The first kappa shape index (κ1) is 10.1. The van der Waals surface area contributed by atoms with E-state index in [-0.39, 0.29) is 23.2 Å². The van der Waals surface area contributed by atoms with E-state index >= 15 is 0 Å². The number of nitrogens with zero attached hydrogens (tertiary/aromatic N) is 1. The fraction of sp³-hybridized carbons (Fsp3) is 0. The zero-order chi connectivity index (χ0) is 11.5. The second-order valence-corrected chi connectivity index (χ2v) is 3.22. The summed E-state index contributed by atoms with van der Waals surface area (Å²) >= 11 is 0. The van der Waals surface area contributed by atoms with Crippen LogP contribution in [-0.2, 0) is 4.79 Å². The molecule has 1 heterocycles. The summed E-state index contributed by atoms with van der Waals surface area (Å²) in [6, 6.07) is 6.40. The number of benzene rings is 1. The standard InChI is InChI=1S/C11H9N3O2/c12-6-10-13-9(11(16)14-10)5-7-1-3-8(15)4-2-7/h1-6,12,15H,(H,13,14,16)/b9-5+,12-6?. The van der Waals surface area contributed by atoms with Crippen molar-refractivity contribution in [2.24, 2.45) is 4.99 Å². The lowest BCUT2D eigenvalue weighted by Gasteiger charge is -1.95. The molecule has 1 aliphatic rings. The summed E-state index contributed by atoms with van der Waals surface area (Å²) in [5.74, 6) is 0.0725. The number of nitrogens with one attached hydrogen (secondary N) is 2. The van der Waals surface area contributed by atoms with Gasteiger partial charge in [-0.05, 0) is 23.8 Å². The first-order valence-corrected chi connectivity index (χ1v) is 4.60. The van der Waals surface area contributed by atoms with Crippen LogP contribution in [0.15, 0.2) is 35.0 Å². The molecule has 16 heavy (non-hydrogen) atoms. The molecule has 1 aliphatic heterocycles. The van der Waals surface area contributed by atoms with E-state index in [1.54, 1.807) is 18.2 Å². The Morgan fingerprint density at radius 1 is 1.31 bits per heavy atom. The average molecular weight is 215 g/mol. The number of amidine groups is 1. The summed E-state index contributed by atoms with van der Waals surface area (Å²) in [5, 5.41) is 18.5. The number of aliphatic imine (C=N–C) groups is 1. The van der Waals surface area contributed by atoms with Crippen molar-refractivity contribution < 1.29 is 9.90 Å². The Balaban J connectivity index is 2.31. The van der Waals surface area contributed by atoms with Gasteiger partial charge in [0.05, 0.1) is 6.21 Å². The van der Waals surface area contributed by atoms with Gasteiger partial charge in [0.25, 0.3) is 5.91 Å². The van der Waals surface area contributed by atoms with Crippen molar-refractivity contribution in [3.8, 4) is 5.75 Å². The van der Waals surface area contributed by atoms with Gasteiger partial charge in [-0.25, -0.2) is 4.99 Å². The Morgan fingerprint density at radius 2 is 2.00 bits per heavy atom. The molecule has 0 radical (unpaired) electrons. The molecule has 1 amide bonds. The lowest BCUT2D eigenvalue weighted by Crippen LogP contribution is -2.24. The number of amides is 1. The lowest BCUT2D eigenvalue weighted by molar-refractivity contribution is -0.115. The molecule has 0 fully saturated rings. The maximum absolute atomic E-state index is 11.4. The number of carbonyl (C=O) groups is 1. The normalized spacial score (nSPS) is 17.1. The smallest absolute Gasteiger partial charge is 0.275 e. The van der Waals surface area contributed by atoms with Gasteiger partial charge in [-0.3, -0.25) is 4.79 Å². The predicted molar refractivity (Wildman–Crippen MR) is 60.4 cm³/mol. The van der Waals surface area contributed by atoms with E-state index in [0.29, 0.717) is 0 Å². The molecule has 1 aromatic carbocycles. The molecule has 0 aromatic heterocycles. The third-order valence-corrected chi connectivity index (χ3v) is 2.05. The number of aromatic hydroxyl groups is 1. The molecule has 0 atom stereocenters. The number of carbonyl (C=O) groups excluding carboxylic acids is 1. The van der Waals surface area contributed by atoms with Crippen LogP contribution in [0.5, 0.6) is 5.75 Å². The van der Waals surface area contributed by atoms with Gasteiger partial charge in [0, 0.05) is 0 Å². The largest absolute Gasteiger partial charge is 0.508 e. The van der Waals surface area contributed by atoms with Crippen molar-refractivity contribution in [2.45, 2.75) is 0 Å². The van der Waals surface area contributed by atoms with Crippen molar-refractivity contribution in [2.75, 3.05) is 0 Å². The molecule has 0 spiro atoms. The van der Waals surface area contributed by atoms with Crippen LogP contribution >= 0.6 is 0 Å². The zero-order valence-electron chi connectivity index (χ0n) is 8.27. The number of phenols is 1. The number of hydrogen-bond acceptors (Lipinski definition) is 4. The van der Waals surface area contributed by atoms with Crippen molar-refractivity contribution >= 4 is 24.0 Å². The van der Waals surface area contributed by atoms with E-state index in [2.05, 4.69) is 10.3 Å². The third kappa shape index (κ3) is 1.98. The zero-order valence-corrected chi connectivity index (χ0v) is 8.27. The Kier molecular flexibility index (Phi) is 2.51. The Labute approximate surface area is 91.6 Å². The maximum Gasteiger partial charge on any atom is 0.275 e. The highest BCUT2D eigenvalue weighted by atomic mass is 16.3. The van der Waals surface area contributed by atoms with Gasteiger partial charge < -0.3 is 15.8 Å². The van der Waals surface area contributed by atoms with Crippen molar-refractivity contribution in [1.29, 1.82) is 5.41 Å². The van der Waals surface area contributed by atoms with E-state index < -0.39 is 0 Å². The monoisotopic (exact) mass is 215 g/mol. The summed E-state index contributed by atoms with van der Waals surface area (Å²) in [7, 11) is 0. The SMILES string of the molecule is N=CC1=N/C(=C/c2ccc(O)cc2)C(=O)N1. The van der Waals surface area contributed by atoms with Crippen LogP contribution < -0.4 is 5.32 Å². The first-order valence-electron chi connectivity index (χ1n) is 4.60. The third-order valence-electron chi connectivity index (χ3n) is 2.05. The first-order chi connectivity index (χ1) is 7.69. The number of rotatable bonds is 2. The van der Waals surface area contributed by atoms with Gasteiger partial charge in [-0.2, -0.15) is 0 Å². The molecular weight excluding hydrogens is 206 g/mol. The van der Waals surface area contributed by atoms with Crippen LogP contribution in [0.4, 0.5) is 0 Å². The molecule has 0 saturated carbocycles. The van der Waals surface area contributed by atoms with Gasteiger partial charge in [-0.1, -0.05) is 12.1 Å². The van der Waals surface area contributed by atoms with Gasteiger partial charge in [0.2, 0.25) is 0 Å². The molecular formula is C11H9N3O2. The van der Waals surface area contributed by atoms with E-state index in [9.17, 15) is 4.79 Å². The van der Waals surface area contributed by atoms with Crippen LogP contribution in [0.2, 0.25) is 0 Å². The van der Waals surface area contributed by atoms with E-state index in [1.807, 2.05) is 0 Å². The number of hydrogen-bond donors (Lipinski definition) is 3. The average Bonchev–Trinajstić information content (AvgIpc) is 2.63. The van der Waals surface area contributed by atoms with Crippen LogP contribution in [0.1, 0.15) is 5.56 Å². The van der Waals surface area contributed by atoms with Crippen LogP contribution in [-0.4, -0.2) is 23.1 Å². The molecule has 0 bridgehead atoms. The van der Waals surface area contributed by atoms with E-state index in [1.165, 1.54) is 12.1 Å². The summed E-state index contributed by atoms with van der Waals surface area (Å²) in [6.45, 7) is 0. The quantitative estimate of drug-likeness (QED) is 0.506. The molecule has 0 aliphatic carbocycles. The maximum atomic E-state index is 11.4. The molecule has 0 unspecified atom stereocenters. The Morgan fingerprint density at radius 3 is 2.56 bits per heavy atom. The van der Waals surface area contributed by atoms with Gasteiger partial charge in [0.15, 0.2) is 5.84 Å². The fourth-order valence-corrected chi connectivity index (χ4v) is 1.28. The van der Waals surface area contributed by atoms with E-state index in [4.69, 9.17) is 10.5 Å². The summed E-state index contributed by atoms with van der Waals surface area (Å²) < 4.78 is 0. The molecule has 3 N–H and O–H groups in total.